The van der Waals surface area contributed by atoms with Crippen molar-refractivity contribution in [1.82, 2.24) is 0 Å². The fourth-order valence-electron chi connectivity index (χ4n) is 0. The van der Waals surface area contributed by atoms with Gasteiger partial charge in [0.05, 0.1) is 0 Å². The Morgan fingerprint density at radius 1 is 1.00 bits per heavy atom. The zero-order valence-corrected chi connectivity index (χ0v) is 6.18. The second-order valence-corrected chi connectivity index (χ2v) is 0. The molecule has 0 aliphatic carbocycles. The van der Waals surface area contributed by atoms with Gasteiger partial charge in [-0.15, -0.1) is 0 Å². The molecule has 0 bridgehead atoms. The average molecular weight is 194 g/mol. The van der Waals surface area contributed by atoms with E-state index in [0.717, 1.165) is 0 Å². The maximum absolute atomic E-state index is 0. The molecule has 0 heterocycles. The molecule has 0 aromatic heterocycles. The van der Waals surface area contributed by atoms with E-state index in [9.17, 15) is 0 Å². The van der Waals surface area contributed by atoms with Gasteiger partial charge in [-0.3, -0.25) is 0 Å². The van der Waals surface area contributed by atoms with Gasteiger partial charge >= 0.3 is 0 Å². The topological polar surface area (TPSA) is 0 Å². The molecule has 0 aromatic rings. The van der Waals surface area contributed by atoms with Crippen molar-refractivity contribution in [3.8, 4) is 0 Å². The van der Waals surface area contributed by atoms with Crippen molar-refractivity contribution >= 4 is 17.4 Å². The van der Waals surface area contributed by atoms with Gasteiger partial charge in [-0.05, 0) is 0 Å². The first-order valence-corrected chi connectivity index (χ1v) is 0. The van der Waals surface area contributed by atoms with Gasteiger partial charge in [-0.1, -0.05) is 0 Å². The molecule has 0 rings (SSSR count). The van der Waals surface area contributed by atoms with Crippen LogP contribution in [0.5, 0.6) is 0 Å². The molecule has 0 aliphatic rings. The van der Waals surface area contributed by atoms with Crippen LogP contribution in [0.25, 0.3) is 0 Å². The van der Waals surface area contributed by atoms with E-state index >= 15 is 0 Å². The van der Waals surface area contributed by atoms with Crippen molar-refractivity contribution in [3.05, 3.63) is 0 Å². The minimum Gasteiger partial charge on any atom is 0 e. The Balaban J connectivity index is 0. The van der Waals surface area contributed by atoms with E-state index in [1.165, 1.54) is 0 Å². The Morgan fingerprint density at radius 2 is 1.00 bits per heavy atom. The van der Waals surface area contributed by atoms with Crippen LogP contribution in [0, 0.1) is 0 Å². The van der Waals surface area contributed by atoms with Gasteiger partial charge in [-0.25, -0.2) is 0 Å². The predicted octanol–water partition coefficient (Wildman–Crippen LogP) is -0.388. The van der Waals surface area contributed by atoms with E-state index in [0.29, 0.717) is 0 Å². The molecule has 0 saturated carbocycles. The van der Waals surface area contributed by atoms with Gasteiger partial charge in [0, 0.05) is 68.3 Å². The van der Waals surface area contributed by atoms with E-state index < -0.39 is 0 Å². The van der Waals surface area contributed by atoms with E-state index in [1.807, 2.05) is 0 Å². The molecule has 3 radical (unpaired) electrons. The summed E-state index contributed by atoms with van der Waals surface area (Å²) in [6.45, 7) is 0. The van der Waals surface area contributed by atoms with Crippen LogP contribution >= 0.6 is 0 Å². The van der Waals surface area contributed by atoms with Crippen molar-refractivity contribution in [2.45, 2.75) is 0 Å². The molecule has 0 aromatic carbocycles. The Kier molecular flexibility index (Phi) is 177. The molecule has 4 heavy (non-hydrogen) atoms. The van der Waals surface area contributed by atoms with Gasteiger partial charge in [0.15, 0.2) is 0 Å². The van der Waals surface area contributed by atoms with Crippen LogP contribution in [-0.2, 0) is 50.9 Å². The summed E-state index contributed by atoms with van der Waals surface area (Å²) in [6.07, 6.45) is 0. The molecular weight excluding hydrogens is 194 g/mol. The quantitative estimate of drug-likeness (QED) is 0.460. The molecule has 0 fully saturated rings. The zero-order chi connectivity index (χ0) is 0. The third-order valence-electron chi connectivity index (χ3n) is 0. The summed E-state index contributed by atoms with van der Waals surface area (Å²) in [4.78, 5) is 0. The van der Waals surface area contributed by atoms with Gasteiger partial charge in [0.1, 0.15) is 0 Å². The SMILES string of the molecule is [Al].[Cr].[Fe].[Ni]. The fourth-order valence-corrected chi connectivity index (χ4v) is 0. The second-order valence-electron chi connectivity index (χ2n) is 0. The molecule has 0 amide bonds. The van der Waals surface area contributed by atoms with Gasteiger partial charge in [0.25, 0.3) is 0 Å². The van der Waals surface area contributed by atoms with Crippen LogP contribution < -0.4 is 0 Å². The van der Waals surface area contributed by atoms with Crippen LogP contribution in [0.2, 0.25) is 0 Å². The summed E-state index contributed by atoms with van der Waals surface area (Å²) in [5, 5.41) is 0. The maximum atomic E-state index is 0. The minimum atomic E-state index is 0. The Bertz CT molecular complexity index is 8.00. The van der Waals surface area contributed by atoms with Crippen LogP contribution in [0.4, 0.5) is 0 Å². The molecule has 0 nitrogen and oxygen atoms in total. The molecule has 0 spiro atoms. The van der Waals surface area contributed by atoms with E-state index in [-0.39, 0.29) is 68.3 Å². The van der Waals surface area contributed by atoms with Gasteiger partial charge < -0.3 is 0 Å². The van der Waals surface area contributed by atoms with Crippen LogP contribution in [0.1, 0.15) is 0 Å². The summed E-state index contributed by atoms with van der Waals surface area (Å²) in [6, 6.07) is 0. The van der Waals surface area contributed by atoms with E-state index in [4.69, 9.17) is 0 Å². The van der Waals surface area contributed by atoms with Crippen LogP contribution in [0.15, 0.2) is 0 Å². The summed E-state index contributed by atoms with van der Waals surface area (Å²) in [7, 11) is 0. The average Bonchev–Trinajstić information content (AvgIpc) is 0. The van der Waals surface area contributed by atoms with E-state index in [1.54, 1.807) is 0 Å². The van der Waals surface area contributed by atoms with Gasteiger partial charge in [-0.2, -0.15) is 0 Å². The summed E-state index contributed by atoms with van der Waals surface area (Å²) in [5.41, 5.74) is 0. The normalized spacial score (nSPS) is 0. The molecule has 0 unspecified atom stereocenters. The van der Waals surface area contributed by atoms with Crippen molar-refractivity contribution in [1.29, 1.82) is 0 Å². The number of rotatable bonds is 0. The minimum absolute atomic E-state index is 0. The largest absolute Gasteiger partial charge is 0 e. The molecule has 0 aliphatic heterocycles. The van der Waals surface area contributed by atoms with Crippen molar-refractivity contribution in [3.63, 3.8) is 0 Å². The third kappa shape index (κ3) is 8.95. The Labute approximate surface area is 67.8 Å². The molecule has 0 saturated heterocycles. The van der Waals surface area contributed by atoms with E-state index in [2.05, 4.69) is 0 Å². The van der Waals surface area contributed by atoms with Crippen LogP contribution in [-0.4, -0.2) is 17.4 Å². The Morgan fingerprint density at radius 3 is 1.00 bits per heavy atom. The van der Waals surface area contributed by atoms with Crippen molar-refractivity contribution in [2.75, 3.05) is 0 Å². The molecular formula is AlCrFeNi. The van der Waals surface area contributed by atoms with Crippen molar-refractivity contribution in [2.24, 2.45) is 0 Å². The summed E-state index contributed by atoms with van der Waals surface area (Å²) >= 11 is 0. The monoisotopic (exact) mass is 193 g/mol. The number of hydrogen-bond donors (Lipinski definition) is 0. The van der Waals surface area contributed by atoms with Gasteiger partial charge in [0.2, 0.25) is 0 Å². The smallest absolute Gasteiger partial charge is 0 e. The second kappa shape index (κ2) is 19.6. The molecule has 27 valence electrons. The first-order chi connectivity index (χ1) is 0. The molecule has 0 N–H and O–H groups in total. The first kappa shape index (κ1) is 36.3. The predicted molar refractivity (Wildman–Crippen MR) is 5.75 cm³/mol. The summed E-state index contributed by atoms with van der Waals surface area (Å²) < 4.78 is 0. The number of hydrogen-bond acceptors (Lipinski definition) is 0. The summed E-state index contributed by atoms with van der Waals surface area (Å²) in [5.74, 6) is 0. The standard InChI is InChI=1S/Al.Cr.Fe.Ni. The first-order valence-electron chi connectivity index (χ1n) is 0. The molecule has 4 heteroatoms. The molecule has 0 atom stereocenters. The Hall–Kier alpha value is 2.08. The third-order valence-corrected chi connectivity index (χ3v) is 0. The van der Waals surface area contributed by atoms with Crippen molar-refractivity contribution < 1.29 is 50.9 Å². The zero-order valence-electron chi connectivity index (χ0n) is 1.66. The van der Waals surface area contributed by atoms with Crippen LogP contribution in [0.3, 0.4) is 0 Å². The maximum Gasteiger partial charge on any atom is 0 e. The fraction of sp³-hybridized carbons (Fsp3) is 0.